The molecule has 0 unspecified atom stereocenters. The van der Waals surface area contributed by atoms with E-state index in [1.54, 1.807) is 6.08 Å². The third kappa shape index (κ3) is 4.21. The Bertz CT molecular complexity index is 197. The summed E-state index contributed by atoms with van der Waals surface area (Å²) in [6, 6.07) is 0. The van der Waals surface area contributed by atoms with Crippen LogP contribution in [0.1, 0.15) is 6.92 Å². The van der Waals surface area contributed by atoms with Crippen molar-refractivity contribution in [1.82, 2.24) is 0 Å². The van der Waals surface area contributed by atoms with Crippen molar-refractivity contribution in [2.24, 2.45) is 0 Å². The number of rotatable bonds is 3. The zero-order chi connectivity index (χ0) is 8.15. The topological polar surface area (TPSA) is 0 Å². The van der Waals surface area contributed by atoms with Gasteiger partial charge in [0, 0.05) is 0 Å². The molecule has 0 aliphatic heterocycles. The lowest BCUT2D eigenvalue weighted by Gasteiger charge is -1.94. The molecule has 54 valence electrons. The van der Waals surface area contributed by atoms with Crippen LogP contribution in [0, 0.1) is 0 Å². The fraction of sp³-hybridized carbons (Fsp3) is 0.111. The van der Waals surface area contributed by atoms with E-state index in [4.69, 9.17) is 0 Å². The van der Waals surface area contributed by atoms with Crippen molar-refractivity contribution in [3.63, 3.8) is 0 Å². The van der Waals surface area contributed by atoms with E-state index >= 15 is 0 Å². The highest BCUT2D eigenvalue weighted by atomic mass is 32.1. The minimum Gasteiger partial charge on any atom is -0.144 e. The summed E-state index contributed by atoms with van der Waals surface area (Å²) in [6.07, 6.45) is 3.64. The Labute approximate surface area is 68.1 Å². The molecule has 0 spiro atoms. The van der Waals surface area contributed by atoms with Crippen molar-refractivity contribution >= 4 is 12.6 Å². The normalized spacial score (nSPS) is 9.80. The highest BCUT2D eigenvalue weighted by molar-refractivity contribution is 7.84. The van der Waals surface area contributed by atoms with Crippen LogP contribution in [0.3, 0.4) is 0 Å². The fourth-order valence-electron chi connectivity index (χ4n) is 0.339. The van der Waals surface area contributed by atoms with Crippen molar-refractivity contribution < 1.29 is 0 Å². The fourth-order valence-corrected chi connectivity index (χ4v) is 0.414. The van der Waals surface area contributed by atoms with Crippen LogP contribution < -0.4 is 0 Å². The largest absolute Gasteiger partial charge is 0.144 e. The van der Waals surface area contributed by atoms with E-state index in [1.807, 2.05) is 13.0 Å². The highest BCUT2D eigenvalue weighted by Gasteiger charge is 1.85. The van der Waals surface area contributed by atoms with E-state index in [2.05, 4.69) is 32.4 Å². The summed E-state index contributed by atoms with van der Waals surface area (Å²) in [5.74, 6) is 0. The molecule has 0 rings (SSSR count). The second-order valence-corrected chi connectivity index (χ2v) is 2.70. The van der Waals surface area contributed by atoms with Gasteiger partial charge in [-0.2, -0.15) is 0 Å². The molecule has 0 nitrogen and oxygen atoms in total. The van der Waals surface area contributed by atoms with Gasteiger partial charge in [-0.1, -0.05) is 31.4 Å². The maximum Gasteiger partial charge on any atom is -0.00318 e. The average Bonchev–Trinajstić information content (AvgIpc) is 1.82. The molecule has 0 aliphatic rings. The first-order valence-corrected chi connectivity index (χ1v) is 3.39. The van der Waals surface area contributed by atoms with Gasteiger partial charge in [-0.25, -0.2) is 0 Å². The third-order valence-electron chi connectivity index (χ3n) is 1.03. The molecular weight excluding hydrogens is 140 g/mol. The Morgan fingerprint density at radius 2 is 1.70 bits per heavy atom. The van der Waals surface area contributed by atoms with Gasteiger partial charge in [0.05, 0.1) is 0 Å². The van der Waals surface area contributed by atoms with E-state index in [9.17, 15) is 0 Å². The maximum atomic E-state index is 3.99. The number of thiol groups is 1. The first-order chi connectivity index (χ1) is 4.54. The van der Waals surface area contributed by atoms with Crippen molar-refractivity contribution in [2.45, 2.75) is 6.92 Å². The monoisotopic (exact) mass is 152 g/mol. The Balaban J connectivity index is 4.03. The summed E-state index contributed by atoms with van der Waals surface area (Å²) >= 11 is 3.99. The van der Waals surface area contributed by atoms with Gasteiger partial charge in [-0.05, 0) is 23.5 Å². The summed E-state index contributed by atoms with van der Waals surface area (Å²) in [5.41, 5.74) is 1.88. The highest BCUT2D eigenvalue weighted by Crippen LogP contribution is 2.07. The van der Waals surface area contributed by atoms with Crippen LogP contribution >= 0.6 is 12.6 Å². The van der Waals surface area contributed by atoms with Crippen LogP contribution in [0.5, 0.6) is 0 Å². The zero-order valence-electron chi connectivity index (χ0n) is 6.22. The molecule has 0 saturated carbocycles. The van der Waals surface area contributed by atoms with Crippen LogP contribution in [-0.2, 0) is 0 Å². The maximum absolute atomic E-state index is 3.99. The zero-order valence-corrected chi connectivity index (χ0v) is 7.12. The van der Waals surface area contributed by atoms with Crippen molar-refractivity contribution in [1.29, 1.82) is 0 Å². The average molecular weight is 152 g/mol. The lowest BCUT2D eigenvalue weighted by Crippen LogP contribution is -1.73. The van der Waals surface area contributed by atoms with Gasteiger partial charge < -0.3 is 0 Å². The quantitative estimate of drug-likeness (QED) is 0.466. The summed E-state index contributed by atoms with van der Waals surface area (Å²) in [6.45, 7) is 13.0. The van der Waals surface area contributed by atoms with Gasteiger partial charge >= 0.3 is 0 Å². The molecular formula is C9H12S. The SMILES string of the molecule is C=C(S)/C=C\C(=C)C(=C)C. The Morgan fingerprint density at radius 1 is 1.20 bits per heavy atom. The molecule has 0 radical (unpaired) electrons. The molecule has 0 aromatic heterocycles. The van der Waals surface area contributed by atoms with E-state index in [-0.39, 0.29) is 0 Å². The smallest absolute Gasteiger partial charge is 0.00318 e. The predicted molar refractivity (Wildman–Crippen MR) is 51.2 cm³/mol. The van der Waals surface area contributed by atoms with E-state index in [0.717, 1.165) is 16.1 Å². The van der Waals surface area contributed by atoms with Gasteiger partial charge in [-0.15, -0.1) is 12.6 Å². The molecule has 0 bridgehead atoms. The van der Waals surface area contributed by atoms with Gasteiger partial charge in [0.15, 0.2) is 0 Å². The molecule has 0 heterocycles. The predicted octanol–water partition coefficient (Wildman–Crippen LogP) is 3.12. The molecule has 0 saturated heterocycles. The Hall–Kier alpha value is -0.690. The van der Waals surface area contributed by atoms with Crippen LogP contribution in [0.15, 0.2) is 47.9 Å². The molecule has 0 N–H and O–H groups in total. The second kappa shape index (κ2) is 4.18. The molecule has 10 heavy (non-hydrogen) atoms. The number of allylic oxidation sites excluding steroid dienone is 4. The van der Waals surface area contributed by atoms with E-state index < -0.39 is 0 Å². The van der Waals surface area contributed by atoms with Gasteiger partial charge in [0.1, 0.15) is 0 Å². The second-order valence-electron chi connectivity index (χ2n) is 2.13. The van der Waals surface area contributed by atoms with Crippen molar-refractivity contribution in [3.05, 3.63) is 47.9 Å². The van der Waals surface area contributed by atoms with Crippen LogP contribution in [0.25, 0.3) is 0 Å². The third-order valence-corrected chi connectivity index (χ3v) is 1.17. The first kappa shape index (κ1) is 9.31. The molecule has 0 aromatic rings. The molecule has 0 atom stereocenters. The molecule has 0 amide bonds. The Morgan fingerprint density at radius 3 is 2.00 bits per heavy atom. The summed E-state index contributed by atoms with van der Waals surface area (Å²) in [5, 5.41) is 0. The summed E-state index contributed by atoms with van der Waals surface area (Å²) in [4.78, 5) is 0.724. The Kier molecular flexibility index (Phi) is 3.89. The molecule has 0 fully saturated rings. The molecule has 0 aliphatic carbocycles. The van der Waals surface area contributed by atoms with Crippen LogP contribution in [-0.4, -0.2) is 0 Å². The first-order valence-electron chi connectivity index (χ1n) is 2.94. The van der Waals surface area contributed by atoms with Crippen LogP contribution in [0.2, 0.25) is 0 Å². The lowest BCUT2D eigenvalue weighted by atomic mass is 10.1. The number of hydrogen-bond donors (Lipinski definition) is 1. The minimum atomic E-state index is 0.724. The van der Waals surface area contributed by atoms with Gasteiger partial charge in [0.2, 0.25) is 0 Å². The number of hydrogen-bond acceptors (Lipinski definition) is 1. The van der Waals surface area contributed by atoms with Gasteiger partial charge in [-0.3, -0.25) is 0 Å². The van der Waals surface area contributed by atoms with E-state index in [0.29, 0.717) is 0 Å². The van der Waals surface area contributed by atoms with Gasteiger partial charge in [0.25, 0.3) is 0 Å². The summed E-state index contributed by atoms with van der Waals surface area (Å²) < 4.78 is 0. The summed E-state index contributed by atoms with van der Waals surface area (Å²) in [7, 11) is 0. The molecule has 1 heteroatoms. The standard InChI is InChI=1S/C9H12S/c1-7(2)8(3)5-6-9(4)10/h5-6,10H,1,3-4H2,2H3/b6-5-. The van der Waals surface area contributed by atoms with Crippen molar-refractivity contribution in [2.75, 3.05) is 0 Å². The molecule has 0 aromatic carbocycles. The van der Waals surface area contributed by atoms with Crippen LogP contribution in [0.4, 0.5) is 0 Å². The van der Waals surface area contributed by atoms with E-state index in [1.165, 1.54) is 0 Å². The van der Waals surface area contributed by atoms with Crippen molar-refractivity contribution in [3.8, 4) is 0 Å². The lowest BCUT2D eigenvalue weighted by molar-refractivity contribution is 1.47. The minimum absolute atomic E-state index is 0.724.